The average Bonchev–Trinajstić information content (AvgIpc) is 3.59. The molecule has 2 aliphatic heterocycles. The van der Waals surface area contributed by atoms with Crippen molar-refractivity contribution in [1.82, 2.24) is 4.57 Å². The molecule has 0 saturated carbocycles. The lowest BCUT2D eigenvalue weighted by Crippen LogP contribution is -2.59. The summed E-state index contributed by atoms with van der Waals surface area (Å²) in [6.07, 6.45) is 0. The molecule has 0 bridgehead atoms. The molecule has 8 aromatic carbocycles. The molecule has 3 heterocycles. The predicted molar refractivity (Wildman–Crippen MR) is 241 cm³/mol. The minimum atomic E-state index is -0.0435. The normalized spacial score (nSPS) is 12.8. The molecule has 0 amide bonds. The molecule has 2 aliphatic rings. The van der Waals surface area contributed by atoms with Gasteiger partial charge in [-0.25, -0.2) is 0 Å². The molecular weight excluding hydrogens is 705 g/mol. The van der Waals surface area contributed by atoms with Crippen molar-refractivity contribution < 1.29 is 4.74 Å². The number of rotatable bonds is 4. The largest absolute Gasteiger partial charge is 0.458 e. The minimum Gasteiger partial charge on any atom is -0.458 e. The lowest BCUT2D eigenvalue weighted by atomic mass is 9.34. The van der Waals surface area contributed by atoms with Crippen LogP contribution in [0, 0.1) is 11.3 Å². The maximum atomic E-state index is 10.0. The van der Waals surface area contributed by atoms with Crippen molar-refractivity contribution in [3.05, 3.63) is 187 Å². The average molecular weight is 744 g/mol. The highest BCUT2D eigenvalue weighted by atomic mass is 16.5. The fraction of sp³-hybridized carbons (Fsp3) is 0.0755. The van der Waals surface area contributed by atoms with E-state index >= 15 is 0 Å². The van der Waals surface area contributed by atoms with E-state index in [2.05, 4.69) is 200 Å². The minimum absolute atomic E-state index is 0.0359. The summed E-state index contributed by atoms with van der Waals surface area (Å²) in [5, 5.41) is 12.2. The molecule has 0 unspecified atom stereocenters. The number of ether oxygens (including phenoxy) is 1. The van der Waals surface area contributed by atoms with E-state index in [1.165, 1.54) is 11.0 Å². The lowest BCUT2D eigenvalue weighted by Gasteiger charge is -2.41. The van der Waals surface area contributed by atoms with Gasteiger partial charge >= 0.3 is 0 Å². The van der Waals surface area contributed by atoms with Gasteiger partial charge in [-0.2, -0.15) is 5.26 Å². The van der Waals surface area contributed by atoms with Crippen LogP contribution in [-0.4, -0.2) is 11.3 Å². The molecule has 274 valence electrons. The molecule has 58 heavy (non-hydrogen) atoms. The number of aromatic nitrogens is 1. The fourth-order valence-corrected chi connectivity index (χ4v) is 9.32. The summed E-state index contributed by atoms with van der Waals surface area (Å²) in [6, 6.07) is 65.4. The Bertz CT molecular complexity index is 3100. The Balaban J connectivity index is 1.27. The SMILES string of the molecule is CC(C)(C)c1ccc2c(c1)c1cc(C#N)ccc1n2-c1cc2c3c(c1)N(c1c(-c4ccccc4)cccc1-c1ccccc1)c1ccccc1B3c1ccccc1O2. The summed E-state index contributed by atoms with van der Waals surface area (Å²) >= 11 is 0. The van der Waals surface area contributed by atoms with Crippen molar-refractivity contribution in [1.29, 1.82) is 5.26 Å². The number of fused-ring (bicyclic) bond motifs is 7. The van der Waals surface area contributed by atoms with Crippen LogP contribution in [0.25, 0.3) is 49.7 Å². The van der Waals surface area contributed by atoms with Gasteiger partial charge in [0.15, 0.2) is 0 Å². The monoisotopic (exact) mass is 743 g/mol. The molecular formula is C53H38BN3O. The summed E-state index contributed by atoms with van der Waals surface area (Å²) in [5.74, 6) is 1.71. The Kier molecular flexibility index (Phi) is 7.55. The molecule has 0 saturated heterocycles. The Hall–Kier alpha value is -7.29. The Morgan fingerprint density at radius 1 is 0.552 bits per heavy atom. The zero-order valence-electron chi connectivity index (χ0n) is 32.6. The molecule has 0 atom stereocenters. The Morgan fingerprint density at radius 3 is 1.86 bits per heavy atom. The van der Waals surface area contributed by atoms with Crippen molar-refractivity contribution in [3.63, 3.8) is 0 Å². The zero-order chi connectivity index (χ0) is 39.1. The lowest BCUT2D eigenvalue weighted by molar-refractivity contribution is 0.487. The first-order valence-corrected chi connectivity index (χ1v) is 19.9. The van der Waals surface area contributed by atoms with E-state index in [0.29, 0.717) is 5.56 Å². The van der Waals surface area contributed by atoms with Gasteiger partial charge in [0, 0.05) is 39.3 Å². The van der Waals surface area contributed by atoms with Gasteiger partial charge in [-0.1, -0.05) is 142 Å². The number of hydrogen-bond donors (Lipinski definition) is 0. The van der Waals surface area contributed by atoms with Crippen molar-refractivity contribution in [2.24, 2.45) is 0 Å². The van der Waals surface area contributed by atoms with E-state index in [1.54, 1.807) is 0 Å². The summed E-state index contributed by atoms with van der Waals surface area (Å²) in [7, 11) is 0. The topological polar surface area (TPSA) is 41.2 Å². The summed E-state index contributed by atoms with van der Waals surface area (Å²) in [4.78, 5) is 2.50. The van der Waals surface area contributed by atoms with E-state index in [1.807, 2.05) is 12.1 Å². The molecule has 0 radical (unpaired) electrons. The van der Waals surface area contributed by atoms with Crippen LogP contribution in [0.3, 0.4) is 0 Å². The zero-order valence-corrected chi connectivity index (χ0v) is 32.6. The highest BCUT2D eigenvalue weighted by Gasteiger charge is 2.43. The van der Waals surface area contributed by atoms with Gasteiger partial charge in [0.2, 0.25) is 0 Å². The van der Waals surface area contributed by atoms with E-state index < -0.39 is 0 Å². The number of para-hydroxylation sites is 3. The van der Waals surface area contributed by atoms with Crippen LogP contribution in [0.2, 0.25) is 0 Å². The fourth-order valence-electron chi connectivity index (χ4n) is 9.32. The van der Waals surface area contributed by atoms with Gasteiger partial charge in [0.1, 0.15) is 11.5 Å². The van der Waals surface area contributed by atoms with E-state index in [-0.39, 0.29) is 12.1 Å². The maximum absolute atomic E-state index is 10.0. The van der Waals surface area contributed by atoms with Crippen molar-refractivity contribution in [2.45, 2.75) is 26.2 Å². The first-order valence-electron chi connectivity index (χ1n) is 19.9. The third-order valence-electron chi connectivity index (χ3n) is 12.0. The first kappa shape index (κ1) is 34.0. The van der Waals surface area contributed by atoms with Crippen LogP contribution in [-0.2, 0) is 5.41 Å². The summed E-state index contributed by atoms with van der Waals surface area (Å²) in [5.41, 5.74) is 16.4. The first-order chi connectivity index (χ1) is 28.4. The van der Waals surface area contributed by atoms with Crippen LogP contribution in [0.4, 0.5) is 17.1 Å². The molecule has 9 aromatic rings. The molecule has 1 aromatic heterocycles. The van der Waals surface area contributed by atoms with Crippen molar-refractivity contribution in [3.8, 4) is 45.5 Å². The highest BCUT2D eigenvalue weighted by molar-refractivity contribution is 6.99. The highest BCUT2D eigenvalue weighted by Crippen LogP contribution is 2.49. The van der Waals surface area contributed by atoms with E-state index in [4.69, 9.17) is 4.74 Å². The van der Waals surface area contributed by atoms with Gasteiger partial charge in [0.05, 0.1) is 34.0 Å². The smallest absolute Gasteiger partial charge is 0.256 e. The third-order valence-corrected chi connectivity index (χ3v) is 12.0. The van der Waals surface area contributed by atoms with Crippen LogP contribution in [0.1, 0.15) is 31.9 Å². The molecule has 0 N–H and O–H groups in total. The molecule has 11 rings (SSSR count). The van der Waals surface area contributed by atoms with Gasteiger partial charge in [-0.3, -0.25) is 0 Å². The summed E-state index contributed by atoms with van der Waals surface area (Å²) in [6.45, 7) is 6.71. The number of benzene rings is 8. The van der Waals surface area contributed by atoms with Crippen molar-refractivity contribution >= 4 is 62.0 Å². The van der Waals surface area contributed by atoms with Gasteiger partial charge < -0.3 is 14.2 Å². The van der Waals surface area contributed by atoms with E-state index in [0.717, 1.165) is 89.2 Å². The van der Waals surface area contributed by atoms with Gasteiger partial charge in [0.25, 0.3) is 6.71 Å². The molecule has 0 aliphatic carbocycles. The summed E-state index contributed by atoms with van der Waals surface area (Å²) < 4.78 is 9.39. The second kappa shape index (κ2) is 12.9. The van der Waals surface area contributed by atoms with E-state index in [9.17, 15) is 5.26 Å². The standard InChI is InChI=1S/C53H38BN3O/c1-53(2,3)37-26-28-46-42(30-37)41-29-34(33-55)25-27-45(41)56(46)38-31-48-51-50(32-38)58-49-24-13-11-22-44(49)54(51)43-21-10-12-23-47(43)57(48)52-39(35-15-6-4-7-16-35)19-14-20-40(52)36-17-8-5-9-18-36/h4-32H,1-3H3. The second-order valence-corrected chi connectivity index (χ2v) is 16.4. The maximum Gasteiger partial charge on any atom is 0.256 e. The molecule has 4 nitrogen and oxygen atoms in total. The molecule has 5 heteroatoms. The van der Waals surface area contributed by atoms with Crippen LogP contribution < -0.4 is 26.0 Å². The van der Waals surface area contributed by atoms with Gasteiger partial charge in [-0.15, -0.1) is 0 Å². The molecule has 0 fully saturated rings. The third kappa shape index (κ3) is 5.15. The molecule has 0 spiro atoms. The van der Waals surface area contributed by atoms with Gasteiger partial charge in [-0.05, 0) is 87.0 Å². The predicted octanol–water partition coefficient (Wildman–Crippen LogP) is 11.7. The Labute approximate surface area is 338 Å². The van der Waals surface area contributed by atoms with Crippen LogP contribution >= 0.6 is 0 Å². The quantitative estimate of drug-likeness (QED) is 0.169. The number of hydrogen-bond acceptors (Lipinski definition) is 3. The van der Waals surface area contributed by atoms with Crippen molar-refractivity contribution in [2.75, 3.05) is 4.90 Å². The Morgan fingerprint density at radius 2 is 1.17 bits per heavy atom. The van der Waals surface area contributed by atoms with Crippen LogP contribution in [0.5, 0.6) is 11.5 Å². The van der Waals surface area contributed by atoms with Crippen LogP contribution in [0.15, 0.2) is 176 Å². The second-order valence-electron chi connectivity index (χ2n) is 16.4. The number of nitrogens with zero attached hydrogens (tertiary/aromatic N) is 3. The number of anilines is 3. The number of nitriles is 1.